The lowest BCUT2D eigenvalue weighted by atomic mass is 10.8. The van der Waals surface area contributed by atoms with Crippen molar-refractivity contribution in [3.8, 4) is 0 Å². The molecule has 6 nitrogen and oxygen atoms in total. The number of aromatic nitrogens is 5. The summed E-state index contributed by atoms with van der Waals surface area (Å²) in [5.74, 6) is 0. The lowest BCUT2D eigenvalue weighted by Gasteiger charge is -1.49. The van der Waals surface area contributed by atoms with Gasteiger partial charge in [0, 0.05) is 24.8 Å². The summed E-state index contributed by atoms with van der Waals surface area (Å²) in [6.45, 7) is 0. The van der Waals surface area contributed by atoms with E-state index in [1.807, 2.05) is 6.07 Å². The third-order valence-electron chi connectivity index (χ3n) is 1.16. The van der Waals surface area contributed by atoms with Gasteiger partial charge in [-0.05, 0) is 6.07 Å². The summed E-state index contributed by atoms with van der Waals surface area (Å²) in [7, 11) is 0. The fourth-order valence-electron chi connectivity index (χ4n) is 0.606. The van der Waals surface area contributed by atoms with Gasteiger partial charge in [-0.25, -0.2) is 9.97 Å². The summed E-state index contributed by atoms with van der Waals surface area (Å²) >= 11 is 0. The maximum absolute atomic E-state index is 4.47. The van der Waals surface area contributed by atoms with Crippen LogP contribution < -0.4 is 0 Å². The molecule has 0 aromatic carbocycles. The maximum Gasteiger partial charge on any atom is 0.180 e. The molecular weight excluding hydrogens is 194 g/mol. The molecule has 3 rings (SSSR count). The van der Waals surface area contributed by atoms with Crippen LogP contribution in [0.4, 0.5) is 0 Å². The molecule has 0 fully saturated rings. The summed E-state index contributed by atoms with van der Waals surface area (Å²) < 4.78 is 4.47. The smallest absolute Gasteiger partial charge is 0.180 e. The number of H-pyrrole nitrogens is 2. The maximum atomic E-state index is 4.47. The molecule has 15 heavy (non-hydrogen) atoms. The highest BCUT2D eigenvalue weighted by atomic mass is 16.3. The Labute approximate surface area is 86.4 Å². The van der Waals surface area contributed by atoms with E-state index in [-0.39, 0.29) is 0 Å². The molecule has 0 aliphatic heterocycles. The highest BCUT2D eigenvalue weighted by Gasteiger charge is 1.59. The zero-order valence-electron chi connectivity index (χ0n) is 7.95. The van der Waals surface area contributed by atoms with E-state index in [2.05, 4.69) is 29.6 Å². The number of imidazole rings is 1. The van der Waals surface area contributed by atoms with Gasteiger partial charge < -0.3 is 9.40 Å². The number of aromatic amines is 2. The van der Waals surface area contributed by atoms with Gasteiger partial charge in [0.05, 0.1) is 12.5 Å². The first kappa shape index (κ1) is 10.7. The molecular formula is C9H11N5O. The molecule has 3 heterocycles. The van der Waals surface area contributed by atoms with E-state index in [0.717, 1.165) is 0 Å². The zero-order valence-corrected chi connectivity index (χ0v) is 7.95. The third-order valence-corrected chi connectivity index (χ3v) is 1.16. The van der Waals surface area contributed by atoms with Gasteiger partial charge >= 0.3 is 0 Å². The lowest BCUT2D eigenvalue weighted by molar-refractivity contribution is 0.558. The van der Waals surface area contributed by atoms with Crippen molar-refractivity contribution in [3.63, 3.8) is 0 Å². The summed E-state index contributed by atoms with van der Waals surface area (Å²) in [6, 6.07) is 1.83. The Balaban J connectivity index is 0.000000112. The fourth-order valence-corrected chi connectivity index (χ4v) is 0.606. The SMILES string of the molecule is c1c[nH]cn1.c1cn[nH]c1.c1cocn1. The minimum absolute atomic E-state index is 1.38. The van der Waals surface area contributed by atoms with Crippen molar-refractivity contribution in [2.45, 2.75) is 0 Å². The van der Waals surface area contributed by atoms with E-state index in [0.29, 0.717) is 0 Å². The number of hydrogen-bond acceptors (Lipinski definition) is 4. The van der Waals surface area contributed by atoms with E-state index in [9.17, 15) is 0 Å². The third kappa shape index (κ3) is 6.76. The molecule has 0 saturated heterocycles. The van der Waals surface area contributed by atoms with Crippen molar-refractivity contribution in [1.29, 1.82) is 0 Å². The highest BCUT2D eigenvalue weighted by Crippen LogP contribution is 1.72. The van der Waals surface area contributed by atoms with E-state index in [1.54, 1.807) is 37.3 Å². The van der Waals surface area contributed by atoms with Crippen molar-refractivity contribution in [2.24, 2.45) is 0 Å². The van der Waals surface area contributed by atoms with Crippen LogP contribution in [0, 0.1) is 0 Å². The predicted molar refractivity (Wildman–Crippen MR) is 53.7 cm³/mol. The largest absolute Gasteiger partial charge is 0.452 e. The molecule has 3 aromatic rings. The normalized spacial score (nSPS) is 8.00. The topological polar surface area (TPSA) is 83.4 Å². The van der Waals surface area contributed by atoms with Crippen LogP contribution in [-0.4, -0.2) is 25.1 Å². The quantitative estimate of drug-likeness (QED) is 0.582. The van der Waals surface area contributed by atoms with Gasteiger partial charge in [-0.1, -0.05) is 0 Å². The number of rotatable bonds is 0. The first-order valence-electron chi connectivity index (χ1n) is 4.19. The lowest BCUT2D eigenvalue weighted by Crippen LogP contribution is -1.53. The molecule has 3 aromatic heterocycles. The van der Waals surface area contributed by atoms with Gasteiger partial charge in [-0.15, -0.1) is 0 Å². The molecule has 0 radical (unpaired) electrons. The van der Waals surface area contributed by atoms with Gasteiger partial charge in [-0.2, -0.15) is 5.10 Å². The minimum atomic E-state index is 1.38. The summed E-state index contributed by atoms with van der Waals surface area (Å²) in [6.07, 6.45) is 13.0. The van der Waals surface area contributed by atoms with Crippen LogP contribution in [0.2, 0.25) is 0 Å². The first-order valence-corrected chi connectivity index (χ1v) is 4.19. The first-order chi connectivity index (χ1) is 7.50. The van der Waals surface area contributed by atoms with Gasteiger partial charge in [0.2, 0.25) is 0 Å². The second kappa shape index (κ2) is 8.24. The standard InChI is InChI=1S/2C3H4N2.C3H3NO/c1-2-5-3-4-1;1-2-4-5-3-1;1-2-5-3-4-1/h2*1-3H,(H,4,5);1-3H. The van der Waals surface area contributed by atoms with Crippen LogP contribution in [-0.2, 0) is 0 Å². The molecule has 0 unspecified atom stereocenters. The monoisotopic (exact) mass is 205 g/mol. The second-order valence-corrected chi connectivity index (χ2v) is 2.20. The van der Waals surface area contributed by atoms with Crippen LogP contribution >= 0.6 is 0 Å². The van der Waals surface area contributed by atoms with E-state index in [1.165, 1.54) is 12.7 Å². The van der Waals surface area contributed by atoms with Crippen LogP contribution in [0.25, 0.3) is 0 Å². The molecule has 0 spiro atoms. The minimum Gasteiger partial charge on any atom is -0.452 e. The van der Waals surface area contributed by atoms with E-state index >= 15 is 0 Å². The summed E-state index contributed by atoms with van der Waals surface area (Å²) in [5, 5.41) is 6.21. The van der Waals surface area contributed by atoms with Crippen molar-refractivity contribution < 1.29 is 4.42 Å². The molecule has 0 saturated carbocycles. The molecule has 0 bridgehead atoms. The Bertz CT molecular complexity index is 250. The number of hydrogen-bond donors (Lipinski definition) is 2. The van der Waals surface area contributed by atoms with Crippen molar-refractivity contribution in [3.05, 3.63) is 56.0 Å². The number of nitrogens with zero attached hydrogens (tertiary/aromatic N) is 3. The van der Waals surface area contributed by atoms with Crippen LogP contribution in [0.5, 0.6) is 0 Å². The summed E-state index contributed by atoms with van der Waals surface area (Å²) in [4.78, 5) is 9.97. The fraction of sp³-hybridized carbons (Fsp3) is 0. The molecule has 78 valence electrons. The molecule has 0 aliphatic carbocycles. The Kier molecular flexibility index (Phi) is 5.88. The van der Waals surface area contributed by atoms with Gasteiger partial charge in [0.25, 0.3) is 0 Å². The van der Waals surface area contributed by atoms with Gasteiger partial charge in [-0.3, -0.25) is 5.10 Å². The molecule has 6 heteroatoms. The highest BCUT2D eigenvalue weighted by molar-refractivity contribution is 4.72. The van der Waals surface area contributed by atoms with Crippen LogP contribution in [0.15, 0.2) is 60.5 Å². The Hall–Kier alpha value is -2.37. The number of oxazole rings is 1. The Morgan fingerprint density at radius 1 is 1.00 bits per heavy atom. The second-order valence-electron chi connectivity index (χ2n) is 2.20. The van der Waals surface area contributed by atoms with Crippen molar-refractivity contribution in [1.82, 2.24) is 25.1 Å². The summed E-state index contributed by atoms with van der Waals surface area (Å²) in [5.41, 5.74) is 0. The molecule has 0 atom stereocenters. The van der Waals surface area contributed by atoms with Crippen LogP contribution in [0.1, 0.15) is 0 Å². The van der Waals surface area contributed by atoms with Crippen molar-refractivity contribution in [2.75, 3.05) is 0 Å². The average molecular weight is 205 g/mol. The van der Waals surface area contributed by atoms with Crippen molar-refractivity contribution >= 4 is 0 Å². The Morgan fingerprint density at radius 3 is 2.20 bits per heavy atom. The predicted octanol–water partition coefficient (Wildman–Crippen LogP) is 1.49. The zero-order chi connectivity index (χ0) is 10.6. The average Bonchev–Trinajstić information content (AvgIpc) is 3.09. The molecule has 0 aliphatic rings. The van der Waals surface area contributed by atoms with Crippen LogP contribution in [0.3, 0.4) is 0 Å². The van der Waals surface area contributed by atoms with Gasteiger partial charge in [0.15, 0.2) is 6.39 Å². The number of nitrogens with one attached hydrogen (secondary N) is 2. The van der Waals surface area contributed by atoms with E-state index < -0.39 is 0 Å². The molecule has 2 N–H and O–H groups in total. The molecule has 0 amide bonds. The Morgan fingerprint density at radius 2 is 2.00 bits per heavy atom. The van der Waals surface area contributed by atoms with E-state index in [4.69, 9.17) is 0 Å². The van der Waals surface area contributed by atoms with Gasteiger partial charge in [0.1, 0.15) is 6.26 Å².